The van der Waals surface area contributed by atoms with Gasteiger partial charge in [0.1, 0.15) is 5.82 Å². The molecule has 3 aromatic rings. The van der Waals surface area contributed by atoms with E-state index in [1.165, 1.54) is 22.9 Å². The quantitative estimate of drug-likeness (QED) is 0.738. The molecule has 1 aromatic heterocycles. The van der Waals surface area contributed by atoms with Crippen molar-refractivity contribution in [2.24, 2.45) is 0 Å². The number of hydrogen-bond acceptors (Lipinski definition) is 2. The molecular weight excluding hydrogens is 303 g/mol. The Morgan fingerprint density at radius 3 is 2.55 bits per heavy atom. The van der Waals surface area contributed by atoms with E-state index in [9.17, 15) is 9.18 Å². The van der Waals surface area contributed by atoms with Gasteiger partial charge in [0.2, 0.25) is 0 Å². The van der Waals surface area contributed by atoms with E-state index in [0.717, 1.165) is 11.1 Å². The molecule has 0 spiro atoms. The Morgan fingerprint density at radius 2 is 1.82 bits per heavy atom. The Hall–Kier alpha value is -2.46. The maximum Gasteiger partial charge on any atom is 0.267 e. The van der Waals surface area contributed by atoms with Crippen LogP contribution in [0, 0.1) is 5.82 Å². The Kier molecular flexibility index (Phi) is 4.02. The monoisotopic (exact) mass is 314 g/mol. The van der Waals surface area contributed by atoms with Gasteiger partial charge in [-0.15, -0.1) is 0 Å². The van der Waals surface area contributed by atoms with Crippen LogP contribution >= 0.6 is 11.6 Å². The maximum absolute atomic E-state index is 13.0. The molecular formula is C17H12ClFN2O. The fraction of sp³-hybridized carbons (Fsp3) is 0.0588. The van der Waals surface area contributed by atoms with E-state index >= 15 is 0 Å². The van der Waals surface area contributed by atoms with Gasteiger partial charge in [0.05, 0.1) is 12.2 Å². The molecule has 22 heavy (non-hydrogen) atoms. The number of nitrogens with zero attached hydrogens (tertiary/aromatic N) is 2. The van der Waals surface area contributed by atoms with Crippen LogP contribution < -0.4 is 5.56 Å². The second-order valence-corrected chi connectivity index (χ2v) is 5.29. The van der Waals surface area contributed by atoms with E-state index in [0.29, 0.717) is 17.3 Å². The van der Waals surface area contributed by atoms with Gasteiger partial charge < -0.3 is 0 Å². The third-order valence-electron chi connectivity index (χ3n) is 3.23. The summed E-state index contributed by atoms with van der Waals surface area (Å²) in [5, 5.41) is 4.95. The highest BCUT2D eigenvalue weighted by Gasteiger charge is 2.05. The Bertz CT molecular complexity index is 859. The van der Waals surface area contributed by atoms with Crippen LogP contribution in [0.3, 0.4) is 0 Å². The van der Waals surface area contributed by atoms with E-state index in [1.807, 2.05) is 12.1 Å². The zero-order valence-corrected chi connectivity index (χ0v) is 12.3. The van der Waals surface area contributed by atoms with Crippen molar-refractivity contribution in [3.63, 3.8) is 0 Å². The average Bonchev–Trinajstić information content (AvgIpc) is 2.50. The van der Waals surface area contributed by atoms with Crippen LogP contribution in [-0.2, 0) is 6.54 Å². The van der Waals surface area contributed by atoms with Crippen molar-refractivity contribution in [3.05, 3.63) is 87.4 Å². The molecule has 5 heteroatoms. The standard InChI is InChI=1S/C17H12ClFN2O/c18-14-3-1-2-12(10-14)11-21-17(22)9-8-16(20-21)13-4-6-15(19)7-5-13/h1-10H,11H2. The second kappa shape index (κ2) is 6.12. The second-order valence-electron chi connectivity index (χ2n) is 4.85. The number of rotatable bonds is 3. The smallest absolute Gasteiger partial charge is 0.267 e. The van der Waals surface area contributed by atoms with Crippen molar-refractivity contribution in [1.82, 2.24) is 9.78 Å². The van der Waals surface area contributed by atoms with E-state index in [-0.39, 0.29) is 11.4 Å². The zero-order chi connectivity index (χ0) is 15.5. The summed E-state index contributed by atoms with van der Waals surface area (Å²) in [6.45, 7) is 0.328. The summed E-state index contributed by atoms with van der Waals surface area (Å²) in [7, 11) is 0. The van der Waals surface area contributed by atoms with E-state index in [1.54, 1.807) is 30.3 Å². The number of aromatic nitrogens is 2. The first-order chi connectivity index (χ1) is 10.6. The van der Waals surface area contributed by atoms with Crippen LogP contribution in [0.5, 0.6) is 0 Å². The summed E-state index contributed by atoms with van der Waals surface area (Å²) in [4.78, 5) is 12.0. The predicted molar refractivity (Wildman–Crippen MR) is 84.4 cm³/mol. The van der Waals surface area contributed by atoms with Gasteiger partial charge in [-0.2, -0.15) is 5.10 Å². The van der Waals surface area contributed by atoms with Crippen molar-refractivity contribution in [2.45, 2.75) is 6.54 Å². The van der Waals surface area contributed by atoms with Crippen LogP contribution in [0.25, 0.3) is 11.3 Å². The summed E-state index contributed by atoms with van der Waals surface area (Å²) in [5.74, 6) is -0.309. The number of hydrogen-bond donors (Lipinski definition) is 0. The first-order valence-corrected chi connectivity index (χ1v) is 7.08. The third-order valence-corrected chi connectivity index (χ3v) is 3.46. The molecule has 0 N–H and O–H groups in total. The number of benzene rings is 2. The zero-order valence-electron chi connectivity index (χ0n) is 11.5. The molecule has 3 nitrogen and oxygen atoms in total. The largest absolute Gasteiger partial charge is 0.268 e. The average molecular weight is 315 g/mol. The van der Waals surface area contributed by atoms with Crippen molar-refractivity contribution in [3.8, 4) is 11.3 Å². The molecule has 0 aliphatic carbocycles. The lowest BCUT2D eigenvalue weighted by Crippen LogP contribution is -2.22. The first kappa shape index (κ1) is 14.5. The molecule has 0 fully saturated rings. The highest BCUT2D eigenvalue weighted by atomic mass is 35.5. The summed E-state index contributed by atoms with van der Waals surface area (Å²) in [5.41, 5.74) is 2.05. The molecule has 0 aliphatic rings. The Balaban J connectivity index is 1.96. The molecule has 110 valence electrons. The van der Waals surface area contributed by atoms with Gasteiger partial charge >= 0.3 is 0 Å². The van der Waals surface area contributed by atoms with E-state index < -0.39 is 0 Å². The molecule has 0 radical (unpaired) electrons. The third kappa shape index (κ3) is 3.23. The van der Waals surface area contributed by atoms with Crippen molar-refractivity contribution >= 4 is 11.6 Å². The minimum absolute atomic E-state index is 0.203. The molecule has 0 unspecified atom stereocenters. The summed E-state index contributed by atoms with van der Waals surface area (Å²) < 4.78 is 14.3. The van der Waals surface area contributed by atoms with E-state index in [4.69, 9.17) is 11.6 Å². The lowest BCUT2D eigenvalue weighted by molar-refractivity contribution is 0.627. The van der Waals surface area contributed by atoms with Crippen molar-refractivity contribution in [2.75, 3.05) is 0 Å². The molecule has 0 amide bonds. The highest BCUT2D eigenvalue weighted by Crippen LogP contribution is 2.16. The minimum Gasteiger partial charge on any atom is -0.268 e. The maximum atomic E-state index is 13.0. The molecule has 0 bridgehead atoms. The summed E-state index contributed by atoms with van der Waals surface area (Å²) in [6, 6.07) is 16.3. The predicted octanol–water partition coefficient (Wildman–Crippen LogP) is 3.75. The van der Waals surface area contributed by atoms with Crippen LogP contribution in [-0.4, -0.2) is 9.78 Å². The Labute approximate surface area is 131 Å². The van der Waals surface area contributed by atoms with Crippen LogP contribution in [0.15, 0.2) is 65.5 Å². The minimum atomic E-state index is -0.309. The molecule has 0 atom stereocenters. The van der Waals surface area contributed by atoms with Crippen LogP contribution in [0.1, 0.15) is 5.56 Å². The molecule has 1 heterocycles. The van der Waals surface area contributed by atoms with Gasteiger partial charge in [-0.05, 0) is 48.0 Å². The SMILES string of the molecule is O=c1ccc(-c2ccc(F)cc2)nn1Cc1cccc(Cl)c1. The summed E-state index contributed by atoms with van der Waals surface area (Å²) >= 11 is 5.95. The van der Waals surface area contributed by atoms with Crippen molar-refractivity contribution in [1.29, 1.82) is 0 Å². The van der Waals surface area contributed by atoms with Crippen LogP contribution in [0.2, 0.25) is 5.02 Å². The summed E-state index contributed by atoms with van der Waals surface area (Å²) in [6.07, 6.45) is 0. The van der Waals surface area contributed by atoms with Gasteiger partial charge in [-0.3, -0.25) is 4.79 Å². The van der Waals surface area contributed by atoms with Gasteiger partial charge in [0, 0.05) is 16.7 Å². The number of halogens is 2. The highest BCUT2D eigenvalue weighted by molar-refractivity contribution is 6.30. The van der Waals surface area contributed by atoms with E-state index in [2.05, 4.69) is 5.10 Å². The topological polar surface area (TPSA) is 34.9 Å². The van der Waals surface area contributed by atoms with Gasteiger partial charge in [0.15, 0.2) is 0 Å². The Morgan fingerprint density at radius 1 is 1.05 bits per heavy atom. The molecule has 3 rings (SSSR count). The molecule has 0 saturated heterocycles. The fourth-order valence-corrected chi connectivity index (χ4v) is 2.36. The van der Waals surface area contributed by atoms with Gasteiger partial charge in [0.25, 0.3) is 5.56 Å². The lowest BCUT2D eigenvalue weighted by atomic mass is 10.1. The molecule has 0 aliphatic heterocycles. The lowest BCUT2D eigenvalue weighted by Gasteiger charge is -2.07. The normalized spacial score (nSPS) is 10.6. The molecule has 2 aromatic carbocycles. The first-order valence-electron chi connectivity index (χ1n) is 6.70. The van der Waals surface area contributed by atoms with Gasteiger partial charge in [-0.1, -0.05) is 23.7 Å². The van der Waals surface area contributed by atoms with Gasteiger partial charge in [-0.25, -0.2) is 9.07 Å². The fourth-order valence-electron chi connectivity index (χ4n) is 2.15. The van der Waals surface area contributed by atoms with Crippen molar-refractivity contribution < 1.29 is 4.39 Å². The van der Waals surface area contributed by atoms with Crippen LogP contribution in [0.4, 0.5) is 4.39 Å². The molecule has 0 saturated carbocycles.